The Hall–Kier alpha value is -3.14. The molecule has 3 rings (SSSR count). The fourth-order valence-corrected chi connectivity index (χ4v) is 4.43. The molecule has 2 heterocycles. The minimum atomic E-state index is -0.661. The Balaban J connectivity index is 1.70. The molecule has 0 radical (unpaired) electrons. The van der Waals surface area contributed by atoms with Crippen molar-refractivity contribution in [3.05, 3.63) is 40.5 Å². The van der Waals surface area contributed by atoms with Crippen molar-refractivity contribution >= 4 is 29.3 Å². The summed E-state index contributed by atoms with van der Waals surface area (Å²) in [7, 11) is 3.34. The molecule has 0 unspecified atom stereocenters. The second-order valence-corrected chi connectivity index (χ2v) is 10.0. The van der Waals surface area contributed by atoms with Crippen molar-refractivity contribution in [2.45, 2.75) is 64.8 Å². The number of likely N-dealkylation sites (N-methyl/N-ethyl adjacent to an activating group) is 2. The second kappa shape index (κ2) is 14.1. The van der Waals surface area contributed by atoms with Crippen molar-refractivity contribution in [1.82, 2.24) is 24.8 Å². The summed E-state index contributed by atoms with van der Waals surface area (Å²) >= 11 is 6.18. The van der Waals surface area contributed by atoms with Crippen molar-refractivity contribution in [2.24, 2.45) is 0 Å². The van der Waals surface area contributed by atoms with Crippen LogP contribution in [-0.2, 0) is 22.4 Å². The Morgan fingerprint density at radius 3 is 2.53 bits per heavy atom. The first-order valence-electron chi connectivity index (χ1n) is 13.2. The molecule has 1 aliphatic heterocycles. The molecule has 0 spiro atoms. The quantitative estimate of drug-likeness (QED) is 0.575. The number of aromatic nitrogens is 2. The lowest BCUT2D eigenvalue weighted by Crippen LogP contribution is -2.47. The SMILES string of the molecule is CCc1noc(CCC(=O)N2CCCCOc3ccc(Cl)cc3C(=O)N(C)[C@@H](C)C(=O)N(C)CCCC2)n1. The van der Waals surface area contributed by atoms with E-state index < -0.39 is 6.04 Å². The molecule has 0 bridgehead atoms. The molecule has 1 aliphatic rings. The van der Waals surface area contributed by atoms with Crippen LogP contribution in [-0.4, -0.2) is 88.9 Å². The summed E-state index contributed by atoms with van der Waals surface area (Å²) in [6.07, 6.45) is 4.33. The van der Waals surface area contributed by atoms with Crippen LogP contribution in [0.5, 0.6) is 5.75 Å². The number of halogens is 1. The molecule has 0 fully saturated rings. The number of ether oxygens (including phenoxy) is 1. The molecular weight excluding hydrogens is 510 g/mol. The third-order valence-electron chi connectivity index (χ3n) is 6.79. The van der Waals surface area contributed by atoms with Crippen LogP contribution in [0.4, 0.5) is 0 Å². The van der Waals surface area contributed by atoms with Crippen molar-refractivity contribution in [2.75, 3.05) is 40.3 Å². The summed E-state index contributed by atoms with van der Waals surface area (Å²) < 4.78 is 11.2. The number of carbonyl (C=O) groups excluding carboxylic acids is 3. The van der Waals surface area contributed by atoms with E-state index in [2.05, 4.69) is 10.1 Å². The van der Waals surface area contributed by atoms with Gasteiger partial charge in [-0.15, -0.1) is 0 Å². The molecule has 3 amide bonds. The zero-order valence-electron chi connectivity index (χ0n) is 22.7. The third-order valence-corrected chi connectivity index (χ3v) is 7.03. The van der Waals surface area contributed by atoms with Gasteiger partial charge in [-0.2, -0.15) is 4.98 Å². The molecule has 208 valence electrons. The predicted molar refractivity (Wildman–Crippen MR) is 143 cm³/mol. The summed E-state index contributed by atoms with van der Waals surface area (Å²) in [4.78, 5) is 48.5. The minimum Gasteiger partial charge on any atom is -0.493 e. The largest absolute Gasteiger partial charge is 0.493 e. The molecule has 0 N–H and O–H groups in total. The van der Waals surface area contributed by atoms with Crippen molar-refractivity contribution in [1.29, 1.82) is 0 Å². The van der Waals surface area contributed by atoms with E-state index in [1.165, 1.54) is 4.90 Å². The molecule has 2 aromatic rings. The lowest BCUT2D eigenvalue weighted by Gasteiger charge is -2.29. The van der Waals surface area contributed by atoms with E-state index in [9.17, 15) is 14.4 Å². The van der Waals surface area contributed by atoms with Gasteiger partial charge in [0.2, 0.25) is 17.7 Å². The fourth-order valence-electron chi connectivity index (χ4n) is 4.26. The van der Waals surface area contributed by atoms with Gasteiger partial charge in [0.15, 0.2) is 5.82 Å². The van der Waals surface area contributed by atoms with Gasteiger partial charge in [0.05, 0.1) is 12.2 Å². The van der Waals surface area contributed by atoms with Gasteiger partial charge < -0.3 is 24.0 Å². The van der Waals surface area contributed by atoms with Gasteiger partial charge in [0.1, 0.15) is 11.8 Å². The molecule has 0 saturated carbocycles. The Kier molecular flexibility index (Phi) is 10.9. The Morgan fingerprint density at radius 1 is 1.11 bits per heavy atom. The van der Waals surface area contributed by atoms with Crippen molar-refractivity contribution < 1.29 is 23.6 Å². The molecule has 1 aromatic carbocycles. The first-order valence-corrected chi connectivity index (χ1v) is 13.6. The zero-order chi connectivity index (χ0) is 27.7. The van der Waals surface area contributed by atoms with Gasteiger partial charge in [-0.1, -0.05) is 23.7 Å². The maximum Gasteiger partial charge on any atom is 0.258 e. The molecular formula is C27H38ClN5O5. The van der Waals surface area contributed by atoms with Crippen molar-refractivity contribution in [3.63, 3.8) is 0 Å². The normalized spacial score (nSPS) is 18.7. The number of hydrogen-bond donors (Lipinski definition) is 0. The number of hydrogen-bond acceptors (Lipinski definition) is 7. The van der Waals surface area contributed by atoms with Crippen LogP contribution in [0.25, 0.3) is 0 Å². The van der Waals surface area contributed by atoms with Gasteiger partial charge in [0.25, 0.3) is 5.91 Å². The van der Waals surface area contributed by atoms with Gasteiger partial charge >= 0.3 is 0 Å². The van der Waals surface area contributed by atoms with E-state index in [0.717, 1.165) is 19.3 Å². The van der Waals surface area contributed by atoms with Crippen LogP contribution in [0.15, 0.2) is 22.7 Å². The number of nitrogens with zero attached hydrogens (tertiary/aromatic N) is 5. The molecule has 0 aliphatic carbocycles. The van der Waals surface area contributed by atoms with Crippen LogP contribution in [0.1, 0.15) is 68.0 Å². The average molecular weight is 548 g/mol. The monoisotopic (exact) mass is 547 g/mol. The first-order chi connectivity index (χ1) is 18.2. The van der Waals surface area contributed by atoms with E-state index in [-0.39, 0.29) is 17.7 Å². The average Bonchev–Trinajstić information content (AvgIpc) is 3.39. The Bertz CT molecular complexity index is 1110. The van der Waals surface area contributed by atoms with Crippen LogP contribution in [0.2, 0.25) is 5.02 Å². The van der Waals surface area contributed by atoms with Gasteiger partial charge in [-0.25, -0.2) is 0 Å². The summed E-state index contributed by atoms with van der Waals surface area (Å²) in [6, 6.07) is 4.25. The summed E-state index contributed by atoms with van der Waals surface area (Å²) in [6.45, 7) is 5.76. The minimum absolute atomic E-state index is 0.0327. The lowest BCUT2D eigenvalue weighted by molar-refractivity contribution is -0.134. The highest BCUT2D eigenvalue weighted by molar-refractivity contribution is 6.31. The Morgan fingerprint density at radius 2 is 1.82 bits per heavy atom. The number of benzene rings is 1. The maximum atomic E-state index is 13.3. The van der Waals surface area contributed by atoms with E-state index >= 15 is 0 Å². The zero-order valence-corrected chi connectivity index (χ0v) is 23.5. The van der Waals surface area contributed by atoms with E-state index in [1.54, 1.807) is 44.1 Å². The number of fused-ring (bicyclic) bond motifs is 1. The first kappa shape index (κ1) is 29.4. The summed E-state index contributed by atoms with van der Waals surface area (Å²) in [5, 5.41) is 4.31. The highest BCUT2D eigenvalue weighted by atomic mass is 35.5. The molecule has 0 saturated heterocycles. The van der Waals surface area contributed by atoms with Crippen molar-refractivity contribution in [3.8, 4) is 5.75 Å². The molecule has 10 nitrogen and oxygen atoms in total. The van der Waals surface area contributed by atoms with Crippen LogP contribution in [0, 0.1) is 0 Å². The Labute approximate surface area is 229 Å². The molecule has 1 atom stereocenters. The van der Waals surface area contributed by atoms with Crippen LogP contribution >= 0.6 is 11.6 Å². The van der Waals surface area contributed by atoms with Gasteiger partial charge in [-0.3, -0.25) is 14.4 Å². The summed E-state index contributed by atoms with van der Waals surface area (Å²) in [5.41, 5.74) is 0.315. The topological polar surface area (TPSA) is 109 Å². The van der Waals surface area contributed by atoms with E-state index in [4.69, 9.17) is 20.9 Å². The van der Waals surface area contributed by atoms with Gasteiger partial charge in [0, 0.05) is 58.0 Å². The predicted octanol–water partition coefficient (Wildman–Crippen LogP) is 3.62. The van der Waals surface area contributed by atoms with E-state index in [0.29, 0.717) is 80.0 Å². The third kappa shape index (κ3) is 7.93. The number of amides is 3. The van der Waals surface area contributed by atoms with Gasteiger partial charge in [-0.05, 0) is 50.8 Å². The van der Waals surface area contributed by atoms with Crippen LogP contribution < -0.4 is 4.74 Å². The number of carbonyl (C=O) groups is 3. The second-order valence-electron chi connectivity index (χ2n) is 9.59. The van der Waals surface area contributed by atoms with Crippen LogP contribution in [0.3, 0.4) is 0 Å². The lowest BCUT2D eigenvalue weighted by atomic mass is 10.1. The summed E-state index contributed by atoms with van der Waals surface area (Å²) in [5.74, 6) is 1.08. The molecule has 1 aromatic heterocycles. The fraction of sp³-hybridized carbons (Fsp3) is 0.593. The highest BCUT2D eigenvalue weighted by Crippen LogP contribution is 2.25. The highest BCUT2D eigenvalue weighted by Gasteiger charge is 2.28. The maximum absolute atomic E-state index is 13.3. The molecule has 38 heavy (non-hydrogen) atoms. The van der Waals surface area contributed by atoms with E-state index in [1.807, 2.05) is 11.8 Å². The number of rotatable bonds is 4. The molecule has 11 heteroatoms. The standard InChI is InChI=1S/C27H38ClN5O5/c1-5-23-29-24(38-30-23)12-13-25(34)33-15-7-6-14-31(3)26(35)19(2)32(4)27(36)21-18-20(28)10-11-22(21)37-17-9-8-16-33/h10-11,18-19H,5-9,12-17H2,1-4H3/t19-/m0/s1. The smallest absolute Gasteiger partial charge is 0.258 e. The number of aryl methyl sites for hydroxylation is 2.